The Morgan fingerprint density at radius 3 is 2.08 bits per heavy atom. The number of hydrogen-bond donors (Lipinski definition) is 0. The quantitative estimate of drug-likeness (QED) is 0.142. The van der Waals surface area contributed by atoms with Crippen LogP contribution in [0, 0.1) is 42.5 Å². The summed E-state index contributed by atoms with van der Waals surface area (Å²) in [5.41, 5.74) is 10.3. The van der Waals surface area contributed by atoms with Crippen molar-refractivity contribution in [1.29, 1.82) is 0 Å². The van der Waals surface area contributed by atoms with Crippen LogP contribution in [0.5, 0.6) is 11.5 Å². The molecule has 6 aromatic carbocycles. The van der Waals surface area contributed by atoms with E-state index in [1.54, 1.807) is 0 Å². The van der Waals surface area contributed by atoms with Crippen molar-refractivity contribution in [2.75, 3.05) is 28.8 Å². The van der Waals surface area contributed by atoms with Crippen molar-refractivity contribution in [2.45, 2.75) is 37.5 Å². The van der Waals surface area contributed by atoms with Gasteiger partial charge in [0.1, 0.15) is 5.82 Å². The van der Waals surface area contributed by atoms with Crippen LogP contribution in [0.4, 0.5) is 28.4 Å². The van der Waals surface area contributed by atoms with Gasteiger partial charge in [0.25, 0.3) is 0 Å². The van der Waals surface area contributed by atoms with Crippen LogP contribution in [0.25, 0.3) is 27.6 Å². The average Bonchev–Trinajstić information content (AvgIpc) is 3.83. The van der Waals surface area contributed by atoms with E-state index >= 15 is 0 Å². The molecule has 0 spiro atoms. The molecule has 0 N–H and O–H groups in total. The topological polar surface area (TPSA) is 36.8 Å². The Bertz CT molecular complexity index is 2880. The monoisotopic (exact) mass is 975 g/mol. The SMILES string of the molecule is CN(C)c1ccc(C2(c3ccnc(-n4c5[c-]c(Oc6[c-]c(N7[CH-]N(c8ccccc8)c8ccccc87)ccc6)ccc5c5ccccc54)c3)C3CC4CC(C3)CC2C4)cc1.[Pt]. The maximum Gasteiger partial charge on any atom is 0.135 e. The number of hydrogen-bond acceptors (Lipinski definition) is 5. The Morgan fingerprint density at radius 2 is 1.33 bits per heavy atom. The zero-order chi connectivity index (χ0) is 40.0. The van der Waals surface area contributed by atoms with Gasteiger partial charge in [-0.15, -0.1) is 48.1 Å². The standard InChI is InChI=1S/C54H46N5O.Pt/c1-56(2)42-21-19-38(20-22-42)54(40-28-36-27-37(30-40)31-41(54)29-36)39-25-26-55-53(32-39)59-49-16-7-6-15-47(49)48-24-23-46(34-52(48)59)60-45-14-10-13-44(33-45)58-35-57(43-11-4-3-5-12-43)50-17-8-9-18-51(50)58;/h3-26,32,35-37,40-41H,27-31H2,1-2H3;/q-3;. The van der Waals surface area contributed by atoms with Crippen molar-refractivity contribution < 1.29 is 25.8 Å². The third kappa shape index (κ3) is 6.12. The van der Waals surface area contributed by atoms with Gasteiger partial charge in [-0.1, -0.05) is 66.2 Å². The minimum Gasteiger partial charge on any atom is -0.509 e. The first-order chi connectivity index (χ1) is 29.5. The summed E-state index contributed by atoms with van der Waals surface area (Å²) in [5, 5.41) is 2.29. The number of ether oxygens (including phenoxy) is 1. The Hall–Kier alpha value is -5.84. The molecule has 5 aliphatic rings. The second kappa shape index (κ2) is 15.0. The third-order valence-electron chi connectivity index (χ3n) is 14.2. The van der Waals surface area contributed by atoms with E-state index in [2.05, 4.69) is 180 Å². The summed E-state index contributed by atoms with van der Waals surface area (Å²) in [6.07, 6.45) is 8.74. The van der Waals surface area contributed by atoms with Crippen LogP contribution in [0.1, 0.15) is 43.2 Å². The number of para-hydroxylation sites is 4. The first-order valence-electron chi connectivity index (χ1n) is 21.5. The fourth-order valence-corrected chi connectivity index (χ4v) is 11.9. The second-order valence-corrected chi connectivity index (χ2v) is 17.6. The van der Waals surface area contributed by atoms with Crippen LogP contribution < -0.4 is 19.4 Å². The van der Waals surface area contributed by atoms with Crippen LogP contribution in [0.15, 0.2) is 152 Å². The van der Waals surface area contributed by atoms with Gasteiger partial charge in [0.2, 0.25) is 0 Å². The van der Waals surface area contributed by atoms with E-state index < -0.39 is 0 Å². The maximum absolute atomic E-state index is 6.65. The molecule has 0 saturated heterocycles. The predicted octanol–water partition coefficient (Wildman–Crippen LogP) is 12.8. The van der Waals surface area contributed by atoms with Crippen molar-refractivity contribution >= 4 is 50.2 Å². The van der Waals surface area contributed by atoms with Crippen LogP contribution in [-0.4, -0.2) is 23.6 Å². The van der Waals surface area contributed by atoms with Crippen LogP contribution in [0.3, 0.4) is 0 Å². The third-order valence-corrected chi connectivity index (χ3v) is 14.2. The zero-order valence-electron chi connectivity index (χ0n) is 34.3. The fraction of sp³-hybridized carbons (Fsp3) is 0.222. The van der Waals surface area contributed by atoms with Crippen molar-refractivity contribution in [3.05, 3.63) is 182 Å². The second-order valence-electron chi connectivity index (χ2n) is 17.6. The normalized spacial score (nSPS) is 22.4. The molecule has 4 bridgehead atoms. The van der Waals surface area contributed by atoms with E-state index in [0.29, 0.717) is 23.3 Å². The van der Waals surface area contributed by atoms with Gasteiger partial charge in [-0.05, 0) is 127 Å². The molecular formula is C54H46N5OPt-3. The molecule has 306 valence electrons. The molecule has 0 radical (unpaired) electrons. The molecule has 1 aliphatic heterocycles. The van der Waals surface area contributed by atoms with E-state index in [9.17, 15) is 0 Å². The van der Waals surface area contributed by atoms with Crippen LogP contribution >= 0.6 is 0 Å². The minimum atomic E-state index is -0.0427. The molecular weight excluding hydrogens is 930 g/mol. The van der Waals surface area contributed by atoms with Gasteiger partial charge in [0.05, 0.1) is 0 Å². The summed E-state index contributed by atoms with van der Waals surface area (Å²) in [6.45, 7) is 2.12. The number of rotatable bonds is 8. The van der Waals surface area contributed by atoms with Crippen molar-refractivity contribution in [1.82, 2.24) is 9.55 Å². The molecule has 61 heavy (non-hydrogen) atoms. The predicted molar refractivity (Wildman–Crippen MR) is 243 cm³/mol. The first-order valence-corrected chi connectivity index (χ1v) is 21.5. The van der Waals surface area contributed by atoms with E-state index in [1.165, 1.54) is 54.3 Å². The van der Waals surface area contributed by atoms with Gasteiger partial charge in [0.15, 0.2) is 0 Å². The Labute approximate surface area is 372 Å². The van der Waals surface area contributed by atoms with E-state index in [1.807, 2.05) is 24.3 Å². The van der Waals surface area contributed by atoms with Crippen molar-refractivity contribution in [3.8, 4) is 17.3 Å². The molecule has 4 fully saturated rings. The molecule has 4 saturated carbocycles. The number of fused-ring (bicyclic) bond motifs is 4. The van der Waals surface area contributed by atoms with Gasteiger partial charge < -0.3 is 24.0 Å². The van der Waals surface area contributed by atoms with E-state index in [0.717, 1.165) is 56.8 Å². The Balaban J connectivity index is 0.00000420. The number of anilines is 5. The van der Waals surface area contributed by atoms with Crippen molar-refractivity contribution in [2.24, 2.45) is 23.7 Å². The molecule has 13 rings (SSSR count). The number of aromatic nitrogens is 2. The van der Waals surface area contributed by atoms with Crippen molar-refractivity contribution in [3.63, 3.8) is 0 Å². The largest absolute Gasteiger partial charge is 0.509 e. The van der Waals surface area contributed by atoms with Gasteiger partial charge >= 0.3 is 0 Å². The molecule has 0 unspecified atom stereocenters. The average molecular weight is 976 g/mol. The Kier molecular flexibility index (Phi) is 9.34. The molecule has 4 aliphatic carbocycles. The van der Waals surface area contributed by atoms with E-state index in [-0.39, 0.29) is 26.5 Å². The van der Waals surface area contributed by atoms with Crippen LogP contribution in [0.2, 0.25) is 0 Å². The van der Waals surface area contributed by atoms with Gasteiger partial charge in [-0.25, -0.2) is 4.98 Å². The molecule has 6 nitrogen and oxygen atoms in total. The summed E-state index contributed by atoms with van der Waals surface area (Å²) in [7, 11) is 4.26. The molecule has 2 aromatic heterocycles. The number of pyridine rings is 1. The smallest absolute Gasteiger partial charge is 0.135 e. The summed E-state index contributed by atoms with van der Waals surface area (Å²) in [5.74, 6) is 5.15. The van der Waals surface area contributed by atoms with Crippen LogP contribution in [-0.2, 0) is 26.5 Å². The van der Waals surface area contributed by atoms with Gasteiger partial charge in [0, 0.05) is 86.5 Å². The fourth-order valence-electron chi connectivity index (χ4n) is 11.9. The molecule has 3 heterocycles. The van der Waals surface area contributed by atoms with E-state index in [4.69, 9.17) is 9.72 Å². The zero-order valence-corrected chi connectivity index (χ0v) is 36.6. The maximum atomic E-state index is 6.65. The molecule has 8 aromatic rings. The number of benzene rings is 6. The summed E-state index contributed by atoms with van der Waals surface area (Å²) in [6, 6.07) is 59.4. The molecule has 7 heteroatoms. The molecule has 0 amide bonds. The summed E-state index contributed by atoms with van der Waals surface area (Å²) >= 11 is 0. The molecule has 0 atom stereocenters. The van der Waals surface area contributed by atoms with Gasteiger partial charge in [-0.3, -0.25) is 0 Å². The summed E-state index contributed by atoms with van der Waals surface area (Å²) in [4.78, 5) is 11.7. The first kappa shape index (κ1) is 38.1. The van der Waals surface area contributed by atoms with Gasteiger partial charge in [-0.2, -0.15) is 12.1 Å². The number of nitrogens with zero attached hydrogens (tertiary/aromatic N) is 5. The summed E-state index contributed by atoms with van der Waals surface area (Å²) < 4.78 is 8.95. The Morgan fingerprint density at radius 1 is 0.639 bits per heavy atom. The minimum absolute atomic E-state index is 0.